The third-order valence-corrected chi connectivity index (χ3v) is 6.49. The zero-order valence-corrected chi connectivity index (χ0v) is 16.6. The summed E-state index contributed by atoms with van der Waals surface area (Å²) >= 11 is 0. The lowest BCUT2D eigenvalue weighted by molar-refractivity contribution is -0.160. The Balaban J connectivity index is 2.10. The van der Waals surface area contributed by atoms with Gasteiger partial charge >= 0.3 is 16.3 Å². The summed E-state index contributed by atoms with van der Waals surface area (Å²) in [5.41, 5.74) is -1.55. The zero-order chi connectivity index (χ0) is 21.4. The fourth-order valence-electron chi connectivity index (χ4n) is 4.26. The van der Waals surface area contributed by atoms with Crippen molar-refractivity contribution in [3.63, 3.8) is 0 Å². The number of carbonyl (C=O) groups is 2. The van der Waals surface area contributed by atoms with E-state index in [-0.39, 0.29) is 25.0 Å². The van der Waals surface area contributed by atoms with Crippen molar-refractivity contribution in [2.24, 2.45) is 0 Å². The van der Waals surface area contributed by atoms with E-state index < -0.39 is 58.5 Å². The fraction of sp³-hybridized carbons (Fsp3) is 0.556. The molecule has 2 aliphatic rings. The third kappa shape index (κ3) is 4.12. The lowest BCUT2D eigenvalue weighted by atomic mass is 9.89. The Bertz CT molecular complexity index is 897. The van der Waals surface area contributed by atoms with E-state index in [4.69, 9.17) is 4.74 Å². The number of hydrogen-bond donors (Lipinski definition) is 1. The van der Waals surface area contributed by atoms with Crippen molar-refractivity contribution in [2.75, 3.05) is 19.7 Å². The molecule has 8 nitrogen and oxygen atoms in total. The van der Waals surface area contributed by atoms with E-state index >= 15 is 0 Å². The number of carbonyl (C=O) groups excluding carboxylic acids is 2. The first-order valence-electron chi connectivity index (χ1n) is 9.26. The average Bonchev–Trinajstić information content (AvgIpc) is 3.08. The van der Waals surface area contributed by atoms with Crippen molar-refractivity contribution in [3.05, 3.63) is 35.4 Å². The van der Waals surface area contributed by atoms with E-state index in [1.165, 1.54) is 0 Å². The molecular formula is C18H22F2N2O6S. The van der Waals surface area contributed by atoms with Gasteiger partial charge in [0.25, 0.3) is 0 Å². The van der Waals surface area contributed by atoms with Gasteiger partial charge in [0.05, 0.1) is 12.6 Å². The number of amides is 1. The number of nitrogens with zero attached hydrogens (tertiary/aromatic N) is 2. The summed E-state index contributed by atoms with van der Waals surface area (Å²) < 4.78 is 67.2. The number of halogens is 2. The zero-order valence-electron chi connectivity index (χ0n) is 15.8. The third-order valence-electron chi connectivity index (χ3n) is 5.43. The van der Waals surface area contributed by atoms with Gasteiger partial charge < -0.3 is 9.64 Å². The van der Waals surface area contributed by atoms with Crippen LogP contribution >= 0.6 is 0 Å². The summed E-state index contributed by atoms with van der Waals surface area (Å²) in [5, 5.41) is 0. The van der Waals surface area contributed by atoms with Crippen LogP contribution in [-0.2, 0) is 24.6 Å². The highest BCUT2D eigenvalue weighted by atomic mass is 32.2. The molecule has 0 unspecified atom stereocenters. The minimum absolute atomic E-state index is 0.0263. The number of piperazine rings is 1. The predicted molar refractivity (Wildman–Crippen MR) is 96.9 cm³/mol. The maximum absolute atomic E-state index is 13.8. The maximum Gasteiger partial charge on any atom is 0.336 e. The summed E-state index contributed by atoms with van der Waals surface area (Å²) in [6, 6.07) is 1.40. The first kappa shape index (κ1) is 21.6. The molecule has 1 spiro atoms. The molecule has 0 bridgehead atoms. The van der Waals surface area contributed by atoms with Gasteiger partial charge in [-0.1, -0.05) is 12.8 Å². The molecule has 0 radical (unpaired) electrons. The van der Waals surface area contributed by atoms with Crippen LogP contribution in [0.3, 0.4) is 0 Å². The van der Waals surface area contributed by atoms with Gasteiger partial charge in [0.15, 0.2) is 0 Å². The van der Waals surface area contributed by atoms with Crippen molar-refractivity contribution in [1.82, 2.24) is 9.21 Å². The summed E-state index contributed by atoms with van der Waals surface area (Å²) in [5.74, 6) is -3.25. The molecular weight excluding hydrogens is 410 g/mol. The average molecular weight is 432 g/mol. The highest BCUT2D eigenvalue weighted by molar-refractivity contribution is 7.83. The normalized spacial score (nSPS) is 22.3. The van der Waals surface area contributed by atoms with Crippen LogP contribution in [0.4, 0.5) is 8.78 Å². The molecule has 1 N–H and O–H groups in total. The molecule has 3 rings (SSSR count). The number of benzene rings is 1. The maximum atomic E-state index is 13.8. The smallest absolute Gasteiger partial charge is 0.336 e. The van der Waals surface area contributed by atoms with E-state index in [9.17, 15) is 31.3 Å². The molecule has 160 valence electrons. The number of ether oxygens (including phenoxy) is 1. The summed E-state index contributed by atoms with van der Waals surface area (Å²) in [4.78, 5) is 26.6. The number of rotatable bonds is 5. The Labute approximate surface area is 167 Å². The van der Waals surface area contributed by atoms with Gasteiger partial charge in [-0.25, -0.2) is 8.78 Å². The van der Waals surface area contributed by atoms with Crippen molar-refractivity contribution in [1.29, 1.82) is 0 Å². The van der Waals surface area contributed by atoms with Crippen LogP contribution in [0.1, 0.15) is 44.2 Å². The fourth-order valence-corrected chi connectivity index (χ4v) is 5.30. The van der Waals surface area contributed by atoms with Gasteiger partial charge in [-0.2, -0.15) is 12.7 Å². The van der Waals surface area contributed by atoms with Gasteiger partial charge in [-0.3, -0.25) is 14.1 Å². The molecule has 1 amide bonds. The van der Waals surface area contributed by atoms with Crippen LogP contribution in [0, 0.1) is 11.6 Å². The van der Waals surface area contributed by atoms with Gasteiger partial charge in [-0.05, 0) is 37.5 Å². The van der Waals surface area contributed by atoms with Crippen molar-refractivity contribution in [2.45, 2.75) is 44.2 Å². The van der Waals surface area contributed by atoms with Gasteiger partial charge in [0.2, 0.25) is 5.91 Å². The van der Waals surface area contributed by atoms with E-state index in [0.717, 1.165) is 17.0 Å². The molecule has 11 heteroatoms. The van der Waals surface area contributed by atoms with Gasteiger partial charge in [-0.15, -0.1) is 0 Å². The molecule has 1 heterocycles. The van der Waals surface area contributed by atoms with Crippen LogP contribution in [0.25, 0.3) is 0 Å². The highest BCUT2D eigenvalue weighted by Gasteiger charge is 2.58. The summed E-state index contributed by atoms with van der Waals surface area (Å²) in [6.07, 6.45) is 1.47. The molecule has 2 fully saturated rings. The predicted octanol–water partition coefficient (Wildman–Crippen LogP) is 1.83. The van der Waals surface area contributed by atoms with E-state index in [0.29, 0.717) is 23.2 Å². The lowest BCUT2D eigenvalue weighted by Gasteiger charge is -2.49. The van der Waals surface area contributed by atoms with Crippen molar-refractivity contribution in [3.8, 4) is 0 Å². The lowest BCUT2D eigenvalue weighted by Crippen LogP contribution is -2.67. The summed E-state index contributed by atoms with van der Waals surface area (Å²) in [6.45, 7) is 0.722. The van der Waals surface area contributed by atoms with E-state index in [1.54, 1.807) is 6.92 Å². The van der Waals surface area contributed by atoms with Crippen LogP contribution in [0.2, 0.25) is 0 Å². The Hall–Kier alpha value is -2.11. The number of esters is 1. The molecule has 0 aromatic heterocycles. The molecule has 29 heavy (non-hydrogen) atoms. The topological polar surface area (TPSA) is 104 Å². The minimum Gasteiger partial charge on any atom is -0.465 e. The monoisotopic (exact) mass is 432 g/mol. The summed E-state index contributed by atoms with van der Waals surface area (Å²) in [7, 11) is -4.79. The van der Waals surface area contributed by atoms with Crippen molar-refractivity contribution < 1.29 is 36.1 Å². The second-order valence-electron chi connectivity index (χ2n) is 7.20. The molecule has 1 atom stereocenters. The van der Waals surface area contributed by atoms with Gasteiger partial charge in [0.1, 0.15) is 23.7 Å². The van der Waals surface area contributed by atoms with Crippen LogP contribution in [0.5, 0.6) is 0 Å². The first-order valence-corrected chi connectivity index (χ1v) is 10.7. The van der Waals surface area contributed by atoms with Crippen LogP contribution < -0.4 is 0 Å². The molecule has 1 saturated carbocycles. The Morgan fingerprint density at radius 2 is 1.83 bits per heavy atom. The van der Waals surface area contributed by atoms with Crippen molar-refractivity contribution >= 4 is 22.2 Å². The SMILES string of the molecule is CCOC(=O)CN1C(=O)C2(CCCC2)N(S(=O)(=O)O)C[C@H]1c1cc(F)cc(F)c1. The standard InChI is InChI=1S/C18H22F2N2O6S/c1-2-28-16(23)11-21-15(12-7-13(19)9-14(20)8-12)10-22(29(25,26)27)18(17(21)24)5-3-4-6-18/h7-9,15H,2-6,10-11H2,1H3,(H,25,26,27)/t15-/m0/s1. The molecule has 1 aliphatic heterocycles. The molecule has 1 aromatic rings. The molecule has 1 aliphatic carbocycles. The van der Waals surface area contributed by atoms with E-state index in [1.807, 2.05) is 0 Å². The Kier molecular flexibility index (Phi) is 5.93. The highest BCUT2D eigenvalue weighted by Crippen LogP contribution is 2.44. The van der Waals surface area contributed by atoms with Crippen LogP contribution in [0.15, 0.2) is 18.2 Å². The number of hydrogen-bond acceptors (Lipinski definition) is 5. The molecule has 1 aromatic carbocycles. The first-order chi connectivity index (χ1) is 13.6. The second kappa shape index (κ2) is 7.96. The van der Waals surface area contributed by atoms with Gasteiger partial charge in [0, 0.05) is 12.6 Å². The second-order valence-corrected chi connectivity index (χ2v) is 8.54. The largest absolute Gasteiger partial charge is 0.465 e. The minimum atomic E-state index is -4.79. The Morgan fingerprint density at radius 1 is 1.24 bits per heavy atom. The van der Waals surface area contributed by atoms with E-state index in [2.05, 4.69) is 0 Å². The Morgan fingerprint density at radius 3 is 2.34 bits per heavy atom. The molecule has 1 saturated heterocycles. The van der Waals surface area contributed by atoms with Crippen LogP contribution in [-0.4, -0.2) is 59.3 Å². The quantitative estimate of drug-likeness (QED) is 0.562.